The van der Waals surface area contributed by atoms with Crippen LogP contribution in [0.3, 0.4) is 0 Å². The molecule has 0 saturated heterocycles. The average molecular weight is 304 g/mol. The lowest BCUT2D eigenvalue weighted by Crippen LogP contribution is -1.97. The molecule has 114 valence electrons. The standard InChI is InChI=1S/C20H16O3/c21-13-16-10-11-19(22)18(12-16)17-8-4-5-9-20(17)23-14-15-6-2-1-3-7-15/h1-13,22H,14H2. The number of carbonyl (C=O) groups is 1. The fourth-order valence-electron chi connectivity index (χ4n) is 2.39. The van der Waals surface area contributed by atoms with Crippen LogP contribution in [0.15, 0.2) is 72.8 Å². The molecule has 0 bridgehead atoms. The number of benzene rings is 3. The summed E-state index contributed by atoms with van der Waals surface area (Å²) in [6.07, 6.45) is 0.760. The van der Waals surface area contributed by atoms with Gasteiger partial charge >= 0.3 is 0 Å². The lowest BCUT2D eigenvalue weighted by Gasteiger charge is -2.13. The lowest BCUT2D eigenvalue weighted by molar-refractivity contribution is 0.112. The minimum atomic E-state index is 0.117. The fraction of sp³-hybridized carbons (Fsp3) is 0.0500. The Labute approximate surface area is 134 Å². The van der Waals surface area contributed by atoms with Crippen molar-refractivity contribution in [3.8, 4) is 22.6 Å². The van der Waals surface area contributed by atoms with E-state index >= 15 is 0 Å². The average Bonchev–Trinajstić information content (AvgIpc) is 2.62. The van der Waals surface area contributed by atoms with Crippen molar-refractivity contribution in [1.82, 2.24) is 0 Å². The summed E-state index contributed by atoms with van der Waals surface area (Å²) in [4.78, 5) is 11.0. The number of aldehydes is 1. The van der Waals surface area contributed by atoms with Crippen LogP contribution < -0.4 is 4.74 Å². The Kier molecular flexibility index (Phi) is 4.39. The van der Waals surface area contributed by atoms with Crippen LogP contribution >= 0.6 is 0 Å². The van der Waals surface area contributed by atoms with Crippen LogP contribution in [0.1, 0.15) is 15.9 Å². The highest BCUT2D eigenvalue weighted by Gasteiger charge is 2.11. The van der Waals surface area contributed by atoms with Crippen molar-refractivity contribution in [2.24, 2.45) is 0 Å². The third-order valence-corrected chi connectivity index (χ3v) is 3.57. The summed E-state index contributed by atoms with van der Waals surface area (Å²) in [5, 5.41) is 10.1. The van der Waals surface area contributed by atoms with Gasteiger partial charge in [0.05, 0.1) is 0 Å². The van der Waals surface area contributed by atoms with Crippen LogP contribution in [0.25, 0.3) is 11.1 Å². The monoisotopic (exact) mass is 304 g/mol. The SMILES string of the molecule is O=Cc1ccc(O)c(-c2ccccc2OCc2ccccc2)c1. The zero-order valence-electron chi connectivity index (χ0n) is 12.5. The molecule has 3 heteroatoms. The molecule has 23 heavy (non-hydrogen) atoms. The number of ether oxygens (including phenoxy) is 1. The Bertz CT molecular complexity index is 810. The number of para-hydroxylation sites is 1. The first-order valence-electron chi connectivity index (χ1n) is 7.32. The van der Waals surface area contributed by atoms with Gasteiger partial charge in [-0.3, -0.25) is 4.79 Å². The maximum absolute atomic E-state index is 11.0. The van der Waals surface area contributed by atoms with Crippen LogP contribution in [0.4, 0.5) is 0 Å². The van der Waals surface area contributed by atoms with E-state index in [9.17, 15) is 9.90 Å². The van der Waals surface area contributed by atoms with Crippen LogP contribution in [-0.2, 0) is 6.61 Å². The maximum atomic E-state index is 11.0. The third kappa shape index (κ3) is 3.40. The number of carbonyl (C=O) groups excluding carboxylic acids is 1. The van der Waals surface area contributed by atoms with Gasteiger partial charge in [-0.1, -0.05) is 48.5 Å². The first kappa shape index (κ1) is 14.9. The Balaban J connectivity index is 1.93. The summed E-state index contributed by atoms with van der Waals surface area (Å²) < 4.78 is 5.91. The van der Waals surface area contributed by atoms with E-state index in [2.05, 4.69) is 0 Å². The van der Waals surface area contributed by atoms with Gasteiger partial charge in [0.1, 0.15) is 24.4 Å². The van der Waals surface area contributed by atoms with Crippen molar-refractivity contribution in [3.05, 3.63) is 83.9 Å². The molecule has 0 unspecified atom stereocenters. The van der Waals surface area contributed by atoms with Gasteiger partial charge in [0, 0.05) is 16.7 Å². The smallest absolute Gasteiger partial charge is 0.150 e. The molecule has 0 heterocycles. The summed E-state index contributed by atoms with van der Waals surface area (Å²) in [5.74, 6) is 0.779. The van der Waals surface area contributed by atoms with Gasteiger partial charge in [-0.25, -0.2) is 0 Å². The van der Waals surface area contributed by atoms with Gasteiger partial charge in [-0.05, 0) is 29.8 Å². The second kappa shape index (κ2) is 6.79. The molecule has 0 atom stereocenters. The van der Waals surface area contributed by atoms with Crippen molar-refractivity contribution in [3.63, 3.8) is 0 Å². The largest absolute Gasteiger partial charge is 0.507 e. The molecule has 0 fully saturated rings. The second-order valence-electron chi connectivity index (χ2n) is 5.16. The molecule has 0 radical (unpaired) electrons. The molecule has 3 aromatic rings. The number of rotatable bonds is 5. The number of phenolic OH excluding ortho intramolecular Hbond substituents is 1. The zero-order valence-corrected chi connectivity index (χ0v) is 12.5. The molecule has 0 aliphatic heterocycles. The highest BCUT2D eigenvalue weighted by atomic mass is 16.5. The number of phenols is 1. The molecule has 0 saturated carbocycles. The highest BCUT2D eigenvalue weighted by molar-refractivity contribution is 5.83. The molecular formula is C20H16O3. The predicted molar refractivity (Wildman–Crippen MR) is 89.7 cm³/mol. The van der Waals surface area contributed by atoms with E-state index in [1.54, 1.807) is 12.1 Å². The van der Waals surface area contributed by atoms with Crippen molar-refractivity contribution >= 4 is 6.29 Å². The Hall–Kier alpha value is -3.07. The molecule has 0 aromatic heterocycles. The van der Waals surface area contributed by atoms with Crippen molar-refractivity contribution < 1.29 is 14.6 Å². The summed E-state index contributed by atoms with van der Waals surface area (Å²) in [6, 6.07) is 22.1. The van der Waals surface area contributed by atoms with E-state index in [4.69, 9.17) is 4.74 Å². The summed E-state index contributed by atoms with van der Waals surface area (Å²) in [6.45, 7) is 0.436. The minimum Gasteiger partial charge on any atom is -0.507 e. The van der Waals surface area contributed by atoms with Crippen LogP contribution in [0.5, 0.6) is 11.5 Å². The molecule has 1 N–H and O–H groups in total. The number of hydrogen-bond donors (Lipinski definition) is 1. The zero-order chi connectivity index (χ0) is 16.1. The molecule has 0 aliphatic carbocycles. The van der Waals surface area contributed by atoms with E-state index in [1.165, 1.54) is 6.07 Å². The lowest BCUT2D eigenvalue weighted by atomic mass is 10.0. The second-order valence-corrected chi connectivity index (χ2v) is 5.16. The predicted octanol–water partition coefficient (Wildman–Crippen LogP) is 4.45. The van der Waals surface area contributed by atoms with Crippen molar-refractivity contribution in [2.45, 2.75) is 6.61 Å². The quantitative estimate of drug-likeness (QED) is 0.708. The first-order chi connectivity index (χ1) is 11.3. The summed E-state index contributed by atoms with van der Waals surface area (Å²) in [7, 11) is 0. The molecular weight excluding hydrogens is 288 g/mol. The molecule has 3 aromatic carbocycles. The molecule has 3 rings (SSSR count). The third-order valence-electron chi connectivity index (χ3n) is 3.57. The van der Waals surface area contributed by atoms with E-state index in [0.717, 1.165) is 17.4 Å². The van der Waals surface area contributed by atoms with Crippen LogP contribution in [0.2, 0.25) is 0 Å². The van der Waals surface area contributed by atoms with E-state index < -0.39 is 0 Å². The van der Waals surface area contributed by atoms with Gasteiger partial charge in [0.15, 0.2) is 0 Å². The fourth-order valence-corrected chi connectivity index (χ4v) is 2.39. The molecule has 0 amide bonds. The van der Waals surface area contributed by atoms with Crippen molar-refractivity contribution in [2.75, 3.05) is 0 Å². The summed E-state index contributed by atoms with van der Waals surface area (Å²) >= 11 is 0. The van der Waals surface area contributed by atoms with Gasteiger partial charge in [0.2, 0.25) is 0 Å². The Morgan fingerprint density at radius 2 is 1.61 bits per heavy atom. The van der Waals surface area contributed by atoms with Crippen molar-refractivity contribution in [1.29, 1.82) is 0 Å². The Morgan fingerprint density at radius 3 is 2.39 bits per heavy atom. The molecule has 0 spiro atoms. The van der Waals surface area contributed by atoms with Gasteiger partial charge in [-0.15, -0.1) is 0 Å². The van der Waals surface area contributed by atoms with Gasteiger partial charge in [-0.2, -0.15) is 0 Å². The van der Waals surface area contributed by atoms with E-state index in [0.29, 0.717) is 23.5 Å². The van der Waals surface area contributed by atoms with Crippen LogP contribution in [-0.4, -0.2) is 11.4 Å². The maximum Gasteiger partial charge on any atom is 0.150 e. The first-order valence-corrected chi connectivity index (χ1v) is 7.32. The van der Waals surface area contributed by atoms with E-state index in [-0.39, 0.29) is 5.75 Å². The topological polar surface area (TPSA) is 46.5 Å². The highest BCUT2D eigenvalue weighted by Crippen LogP contribution is 2.36. The number of aromatic hydroxyl groups is 1. The normalized spacial score (nSPS) is 10.3. The van der Waals surface area contributed by atoms with Gasteiger partial charge in [0.25, 0.3) is 0 Å². The van der Waals surface area contributed by atoms with Gasteiger partial charge < -0.3 is 9.84 Å². The van der Waals surface area contributed by atoms with E-state index in [1.807, 2.05) is 54.6 Å². The molecule has 0 aliphatic rings. The Morgan fingerprint density at radius 1 is 0.870 bits per heavy atom. The summed E-state index contributed by atoms with van der Waals surface area (Å²) in [5.41, 5.74) is 2.91. The number of hydrogen-bond acceptors (Lipinski definition) is 3. The minimum absolute atomic E-state index is 0.117. The molecule has 3 nitrogen and oxygen atoms in total. The van der Waals surface area contributed by atoms with Crippen LogP contribution in [0, 0.1) is 0 Å².